The van der Waals surface area contributed by atoms with Gasteiger partial charge >= 0.3 is 0 Å². The molecule has 2 rings (SSSR count). The van der Waals surface area contributed by atoms with E-state index in [0.717, 1.165) is 5.56 Å². The predicted molar refractivity (Wildman–Crippen MR) is 71.8 cm³/mol. The van der Waals surface area contributed by atoms with Crippen LogP contribution < -0.4 is 10.5 Å². The minimum atomic E-state index is -0.340. The molecular formula is C14H13ClFNO. The van der Waals surface area contributed by atoms with Gasteiger partial charge in [0.05, 0.1) is 5.69 Å². The van der Waals surface area contributed by atoms with Crippen molar-refractivity contribution in [3.8, 4) is 11.5 Å². The van der Waals surface area contributed by atoms with Crippen LogP contribution >= 0.6 is 11.6 Å². The Morgan fingerprint density at radius 1 is 1.06 bits per heavy atom. The van der Waals surface area contributed by atoms with E-state index in [1.807, 2.05) is 6.92 Å². The van der Waals surface area contributed by atoms with Crippen LogP contribution in [0, 0.1) is 19.7 Å². The average Bonchev–Trinajstić information content (AvgIpc) is 2.29. The summed E-state index contributed by atoms with van der Waals surface area (Å²) in [5, 5.41) is 0.642. The standard InChI is InChI=1S/C14H13ClFNO/c1-8-6-14(12(17)7-11(8)16)18-13-4-3-10(15)5-9(13)2/h3-7H,17H2,1-2H3. The summed E-state index contributed by atoms with van der Waals surface area (Å²) in [6.07, 6.45) is 0. The minimum Gasteiger partial charge on any atom is -0.455 e. The van der Waals surface area contributed by atoms with Crippen molar-refractivity contribution in [2.24, 2.45) is 0 Å². The van der Waals surface area contributed by atoms with Crippen molar-refractivity contribution in [2.75, 3.05) is 5.73 Å². The third-order valence-electron chi connectivity index (χ3n) is 2.65. The second kappa shape index (κ2) is 4.86. The molecule has 0 amide bonds. The molecule has 2 N–H and O–H groups in total. The first kappa shape index (κ1) is 12.7. The van der Waals surface area contributed by atoms with Gasteiger partial charge < -0.3 is 10.5 Å². The normalized spacial score (nSPS) is 10.4. The van der Waals surface area contributed by atoms with Gasteiger partial charge in [-0.15, -0.1) is 0 Å². The van der Waals surface area contributed by atoms with E-state index in [9.17, 15) is 4.39 Å². The summed E-state index contributed by atoms with van der Waals surface area (Å²) < 4.78 is 19.0. The number of nitrogen functional groups attached to an aromatic ring is 1. The van der Waals surface area contributed by atoms with Gasteiger partial charge in [-0.2, -0.15) is 0 Å². The van der Waals surface area contributed by atoms with Crippen LogP contribution in [0.5, 0.6) is 11.5 Å². The molecule has 0 fully saturated rings. The van der Waals surface area contributed by atoms with Gasteiger partial charge in [-0.25, -0.2) is 4.39 Å². The number of aryl methyl sites for hydroxylation is 2. The Labute approximate surface area is 110 Å². The highest BCUT2D eigenvalue weighted by molar-refractivity contribution is 6.30. The quantitative estimate of drug-likeness (QED) is 0.813. The fraction of sp³-hybridized carbons (Fsp3) is 0.143. The van der Waals surface area contributed by atoms with E-state index in [2.05, 4.69) is 0 Å². The Morgan fingerprint density at radius 2 is 1.78 bits per heavy atom. The van der Waals surface area contributed by atoms with E-state index in [-0.39, 0.29) is 11.5 Å². The molecule has 4 heteroatoms. The summed E-state index contributed by atoms with van der Waals surface area (Å²) in [6, 6.07) is 8.13. The van der Waals surface area contributed by atoms with Crippen molar-refractivity contribution < 1.29 is 9.13 Å². The molecule has 0 unspecified atom stereocenters. The van der Waals surface area contributed by atoms with Crippen molar-refractivity contribution in [2.45, 2.75) is 13.8 Å². The summed E-state index contributed by atoms with van der Waals surface area (Å²) in [5.41, 5.74) is 7.38. The Kier molecular flexibility index (Phi) is 3.43. The third-order valence-corrected chi connectivity index (χ3v) is 2.88. The minimum absolute atomic E-state index is 0.271. The molecule has 0 atom stereocenters. The van der Waals surface area contributed by atoms with E-state index >= 15 is 0 Å². The fourth-order valence-corrected chi connectivity index (χ4v) is 1.83. The molecule has 0 aromatic heterocycles. The molecule has 0 aliphatic heterocycles. The molecule has 0 bridgehead atoms. The number of hydrogen-bond donors (Lipinski definition) is 1. The van der Waals surface area contributed by atoms with Crippen molar-refractivity contribution in [3.05, 3.63) is 52.3 Å². The molecule has 0 radical (unpaired) electrons. The smallest absolute Gasteiger partial charge is 0.150 e. The molecule has 2 aromatic rings. The van der Waals surface area contributed by atoms with Crippen LogP contribution in [0.25, 0.3) is 0 Å². The van der Waals surface area contributed by atoms with Crippen LogP contribution in [0.3, 0.4) is 0 Å². The van der Waals surface area contributed by atoms with Crippen molar-refractivity contribution >= 4 is 17.3 Å². The number of ether oxygens (including phenoxy) is 1. The zero-order valence-corrected chi connectivity index (χ0v) is 10.9. The van der Waals surface area contributed by atoms with Gasteiger partial charge in [0.15, 0.2) is 5.75 Å². The zero-order valence-electron chi connectivity index (χ0n) is 10.1. The number of benzene rings is 2. The highest BCUT2D eigenvalue weighted by Gasteiger charge is 2.08. The number of nitrogens with two attached hydrogens (primary N) is 1. The van der Waals surface area contributed by atoms with Crippen LogP contribution in [0.4, 0.5) is 10.1 Å². The second-order valence-corrected chi connectivity index (χ2v) is 4.59. The lowest BCUT2D eigenvalue weighted by Crippen LogP contribution is -1.96. The maximum absolute atomic E-state index is 13.3. The van der Waals surface area contributed by atoms with Crippen LogP contribution in [-0.4, -0.2) is 0 Å². The van der Waals surface area contributed by atoms with E-state index in [1.54, 1.807) is 31.2 Å². The Balaban J connectivity index is 2.37. The lowest BCUT2D eigenvalue weighted by Gasteiger charge is -2.12. The summed E-state index contributed by atoms with van der Waals surface area (Å²) in [5.74, 6) is 0.754. The fourth-order valence-electron chi connectivity index (χ4n) is 1.60. The second-order valence-electron chi connectivity index (χ2n) is 4.15. The Morgan fingerprint density at radius 3 is 2.44 bits per heavy atom. The predicted octanol–water partition coefficient (Wildman–Crippen LogP) is 4.47. The van der Waals surface area contributed by atoms with Gasteiger partial charge in [-0.1, -0.05) is 11.6 Å². The molecule has 0 saturated carbocycles. The highest BCUT2D eigenvalue weighted by atomic mass is 35.5. The van der Waals surface area contributed by atoms with Gasteiger partial charge in [-0.3, -0.25) is 0 Å². The summed E-state index contributed by atoms with van der Waals surface area (Å²) in [7, 11) is 0. The van der Waals surface area contributed by atoms with Gasteiger partial charge in [0.1, 0.15) is 11.6 Å². The Bertz CT molecular complexity index is 599. The van der Waals surface area contributed by atoms with Crippen molar-refractivity contribution in [1.82, 2.24) is 0 Å². The molecular weight excluding hydrogens is 253 g/mol. The molecule has 2 aromatic carbocycles. The first-order valence-corrected chi connectivity index (χ1v) is 5.85. The number of anilines is 1. The van der Waals surface area contributed by atoms with E-state index < -0.39 is 0 Å². The SMILES string of the molecule is Cc1cc(Oc2ccc(Cl)cc2C)c(N)cc1F. The van der Waals surface area contributed by atoms with E-state index in [0.29, 0.717) is 22.1 Å². The van der Waals surface area contributed by atoms with E-state index in [1.165, 1.54) is 6.07 Å². The summed E-state index contributed by atoms with van der Waals surface area (Å²) in [4.78, 5) is 0. The molecule has 0 spiro atoms. The molecule has 0 heterocycles. The average molecular weight is 266 g/mol. The number of halogens is 2. The lowest BCUT2D eigenvalue weighted by molar-refractivity contribution is 0.478. The van der Waals surface area contributed by atoms with E-state index in [4.69, 9.17) is 22.1 Å². The molecule has 18 heavy (non-hydrogen) atoms. The van der Waals surface area contributed by atoms with Crippen LogP contribution in [0.1, 0.15) is 11.1 Å². The Hall–Kier alpha value is -1.74. The first-order valence-electron chi connectivity index (χ1n) is 5.47. The van der Waals surface area contributed by atoms with Crippen LogP contribution in [0.15, 0.2) is 30.3 Å². The lowest BCUT2D eigenvalue weighted by atomic mass is 10.2. The summed E-state index contributed by atoms with van der Waals surface area (Å²) >= 11 is 5.87. The molecule has 0 aliphatic rings. The van der Waals surface area contributed by atoms with Crippen molar-refractivity contribution in [3.63, 3.8) is 0 Å². The number of rotatable bonds is 2. The zero-order chi connectivity index (χ0) is 13.3. The summed E-state index contributed by atoms with van der Waals surface area (Å²) in [6.45, 7) is 3.55. The molecule has 0 saturated heterocycles. The molecule has 94 valence electrons. The van der Waals surface area contributed by atoms with Crippen LogP contribution in [0.2, 0.25) is 5.02 Å². The third kappa shape index (κ3) is 2.57. The first-order chi connectivity index (χ1) is 8.47. The maximum atomic E-state index is 13.3. The largest absolute Gasteiger partial charge is 0.455 e. The molecule has 2 nitrogen and oxygen atoms in total. The van der Waals surface area contributed by atoms with Gasteiger partial charge in [0, 0.05) is 11.1 Å². The highest BCUT2D eigenvalue weighted by Crippen LogP contribution is 2.32. The number of hydrogen-bond acceptors (Lipinski definition) is 2. The van der Waals surface area contributed by atoms with Crippen LogP contribution in [-0.2, 0) is 0 Å². The molecule has 0 aliphatic carbocycles. The maximum Gasteiger partial charge on any atom is 0.150 e. The monoisotopic (exact) mass is 265 g/mol. The van der Waals surface area contributed by atoms with Gasteiger partial charge in [0.25, 0.3) is 0 Å². The topological polar surface area (TPSA) is 35.2 Å². The van der Waals surface area contributed by atoms with Gasteiger partial charge in [-0.05, 0) is 49.2 Å². The van der Waals surface area contributed by atoms with Crippen molar-refractivity contribution in [1.29, 1.82) is 0 Å². The van der Waals surface area contributed by atoms with Gasteiger partial charge in [0.2, 0.25) is 0 Å².